The maximum Gasteiger partial charge on any atom is 0.473 e. The van der Waals surface area contributed by atoms with Crippen LogP contribution in [-0.2, 0) is 22.8 Å². The molecule has 30 heavy (non-hydrogen) atoms. The van der Waals surface area contributed by atoms with Gasteiger partial charge in [-0.05, 0) is 6.04 Å². The fraction of sp³-hybridized carbons (Fsp3) is 1.00. The highest BCUT2D eigenvalue weighted by atomic mass is 29.3. The molecule has 7 heteroatoms. The SMILES string of the molecule is CCCCCCCC[Si]1(CCCCCCCC)CCC(OC)(OC)O[Si]1(OC)OC. The van der Waals surface area contributed by atoms with Crippen LogP contribution in [0.4, 0.5) is 0 Å². The summed E-state index contributed by atoms with van der Waals surface area (Å²) in [4.78, 5) is 0. The van der Waals surface area contributed by atoms with Crippen LogP contribution in [-0.4, -0.2) is 50.3 Å². The van der Waals surface area contributed by atoms with Crippen LogP contribution in [0.3, 0.4) is 0 Å². The summed E-state index contributed by atoms with van der Waals surface area (Å²) in [6.07, 6.45) is 16.6. The van der Waals surface area contributed by atoms with E-state index in [0.717, 1.165) is 12.5 Å². The van der Waals surface area contributed by atoms with E-state index in [0.29, 0.717) is 0 Å². The molecule has 1 aliphatic rings. The third-order valence-corrected chi connectivity index (χ3v) is 21.5. The summed E-state index contributed by atoms with van der Waals surface area (Å²) >= 11 is 0. The van der Waals surface area contributed by atoms with Gasteiger partial charge in [0, 0.05) is 34.9 Å². The molecule has 0 aromatic rings. The van der Waals surface area contributed by atoms with Gasteiger partial charge in [-0.2, -0.15) is 0 Å². The molecule has 0 atom stereocenters. The van der Waals surface area contributed by atoms with E-state index in [9.17, 15) is 0 Å². The lowest BCUT2D eigenvalue weighted by Gasteiger charge is -2.52. The normalized spacial score (nSPS) is 19.8. The summed E-state index contributed by atoms with van der Waals surface area (Å²) < 4.78 is 30.3. The Balaban J connectivity index is 2.89. The molecular weight excluding hydrogens is 412 g/mol. The largest absolute Gasteiger partial charge is 0.473 e. The average Bonchev–Trinajstić information content (AvgIpc) is 2.79. The van der Waals surface area contributed by atoms with Crippen molar-refractivity contribution in [1.29, 1.82) is 0 Å². The maximum absolute atomic E-state index is 6.58. The van der Waals surface area contributed by atoms with Crippen molar-refractivity contribution in [2.24, 2.45) is 0 Å². The third-order valence-electron chi connectivity index (χ3n) is 7.03. The Morgan fingerprint density at radius 2 is 1.10 bits per heavy atom. The smallest absolute Gasteiger partial charge is 0.380 e. The summed E-state index contributed by atoms with van der Waals surface area (Å²) in [7, 11) is 2.11. The highest BCUT2D eigenvalue weighted by Crippen LogP contribution is 2.46. The predicted molar refractivity (Wildman–Crippen MR) is 129 cm³/mol. The van der Waals surface area contributed by atoms with Crippen molar-refractivity contribution >= 4 is 15.9 Å². The van der Waals surface area contributed by atoms with Gasteiger partial charge in [-0.25, -0.2) is 0 Å². The van der Waals surface area contributed by atoms with Crippen molar-refractivity contribution in [3.05, 3.63) is 0 Å². The summed E-state index contributed by atoms with van der Waals surface area (Å²) in [6, 6.07) is 3.59. The van der Waals surface area contributed by atoms with Gasteiger partial charge in [-0.1, -0.05) is 103 Å². The highest BCUT2D eigenvalue weighted by molar-refractivity contribution is 7.35. The lowest BCUT2D eigenvalue weighted by Crippen LogP contribution is -2.74. The van der Waals surface area contributed by atoms with E-state index in [1.165, 1.54) is 89.1 Å². The van der Waals surface area contributed by atoms with Gasteiger partial charge in [0.05, 0.1) is 0 Å². The molecule has 1 aliphatic heterocycles. The molecule has 0 saturated carbocycles. The molecule has 5 nitrogen and oxygen atoms in total. The number of unbranched alkanes of at least 4 members (excludes halogenated alkanes) is 10. The van der Waals surface area contributed by atoms with Crippen LogP contribution < -0.4 is 0 Å². The summed E-state index contributed by atoms with van der Waals surface area (Å²) in [5.74, 6) is -1.02. The van der Waals surface area contributed by atoms with Gasteiger partial charge in [-0.3, -0.25) is 0 Å². The minimum Gasteiger partial charge on any atom is -0.380 e. The first-order valence-corrected chi connectivity index (χ1v) is 17.8. The quantitative estimate of drug-likeness (QED) is 0.127. The van der Waals surface area contributed by atoms with Crippen molar-refractivity contribution in [1.82, 2.24) is 0 Å². The van der Waals surface area contributed by atoms with Crippen LogP contribution in [0.15, 0.2) is 0 Å². The molecule has 1 saturated heterocycles. The molecule has 1 heterocycles. The lowest BCUT2D eigenvalue weighted by molar-refractivity contribution is -0.340. The van der Waals surface area contributed by atoms with Gasteiger partial charge in [0.15, 0.2) is 7.59 Å². The number of hydrogen-bond acceptors (Lipinski definition) is 5. The van der Waals surface area contributed by atoms with E-state index in [4.69, 9.17) is 22.8 Å². The standard InChI is InChI=1S/C23H50O5Si2/c1-7-9-11-13-15-17-20-29(21-18-16-14-12-10-8-2)22-19-23(24-3,25-4)28-30(29,26-5)27-6/h7-22H2,1-6H3. The minimum absolute atomic E-state index is 0.777. The fourth-order valence-corrected chi connectivity index (χ4v) is 19.4. The van der Waals surface area contributed by atoms with Crippen molar-refractivity contribution in [2.45, 2.75) is 121 Å². The van der Waals surface area contributed by atoms with Crippen LogP contribution >= 0.6 is 0 Å². The van der Waals surface area contributed by atoms with Gasteiger partial charge in [0.2, 0.25) is 0 Å². The Labute approximate surface area is 188 Å². The molecule has 180 valence electrons. The third kappa shape index (κ3) is 7.68. The zero-order valence-electron chi connectivity index (χ0n) is 20.9. The van der Waals surface area contributed by atoms with E-state index in [1.54, 1.807) is 28.4 Å². The number of methoxy groups -OCH3 is 2. The van der Waals surface area contributed by atoms with E-state index in [2.05, 4.69) is 13.8 Å². The Hall–Kier alpha value is 0.234. The second kappa shape index (κ2) is 15.1. The molecule has 0 aliphatic carbocycles. The average molecular weight is 463 g/mol. The molecule has 1 rings (SSSR count). The topological polar surface area (TPSA) is 46.2 Å². The maximum atomic E-state index is 6.58. The van der Waals surface area contributed by atoms with Gasteiger partial charge in [0.1, 0.15) is 0 Å². The first-order valence-electron chi connectivity index (χ1n) is 12.4. The zero-order valence-corrected chi connectivity index (χ0v) is 22.9. The molecule has 0 N–H and O–H groups in total. The minimum atomic E-state index is -2.85. The van der Waals surface area contributed by atoms with Crippen LogP contribution in [0.2, 0.25) is 18.1 Å². The molecule has 0 bridgehead atoms. The van der Waals surface area contributed by atoms with Crippen LogP contribution in [0.1, 0.15) is 97.3 Å². The Bertz CT molecular complexity index is 412. The summed E-state index contributed by atoms with van der Waals surface area (Å²) in [5, 5.41) is 0. The van der Waals surface area contributed by atoms with Gasteiger partial charge >= 0.3 is 8.32 Å². The number of hydrogen-bond donors (Lipinski definition) is 0. The van der Waals surface area contributed by atoms with Crippen molar-refractivity contribution < 1.29 is 22.8 Å². The van der Waals surface area contributed by atoms with E-state index in [-0.39, 0.29) is 0 Å². The van der Waals surface area contributed by atoms with Crippen LogP contribution in [0.25, 0.3) is 0 Å². The van der Waals surface area contributed by atoms with Crippen molar-refractivity contribution in [3.8, 4) is 0 Å². The van der Waals surface area contributed by atoms with Crippen molar-refractivity contribution in [3.63, 3.8) is 0 Å². The highest BCUT2D eigenvalue weighted by Gasteiger charge is 2.67. The van der Waals surface area contributed by atoms with E-state index >= 15 is 0 Å². The van der Waals surface area contributed by atoms with Crippen molar-refractivity contribution in [2.75, 3.05) is 28.4 Å². The van der Waals surface area contributed by atoms with Gasteiger partial charge < -0.3 is 22.8 Å². The molecule has 0 aromatic carbocycles. The van der Waals surface area contributed by atoms with Crippen LogP contribution in [0, 0.1) is 0 Å². The molecule has 0 unspecified atom stereocenters. The predicted octanol–water partition coefficient (Wildman–Crippen LogP) is 6.83. The van der Waals surface area contributed by atoms with E-state index in [1.807, 2.05) is 0 Å². The number of rotatable bonds is 18. The van der Waals surface area contributed by atoms with Crippen LogP contribution in [0.5, 0.6) is 0 Å². The first-order chi connectivity index (χ1) is 14.5. The zero-order chi connectivity index (χ0) is 22.3. The fourth-order valence-electron chi connectivity index (χ4n) is 5.05. The number of ether oxygens (including phenoxy) is 2. The first kappa shape index (κ1) is 28.3. The molecule has 0 spiro atoms. The second-order valence-electron chi connectivity index (χ2n) is 8.97. The van der Waals surface area contributed by atoms with Gasteiger partial charge in [-0.15, -0.1) is 0 Å². The second-order valence-corrected chi connectivity index (χ2v) is 20.2. The molecule has 0 aromatic heterocycles. The van der Waals surface area contributed by atoms with E-state index < -0.39 is 21.9 Å². The molecule has 1 fully saturated rings. The molecule has 0 amide bonds. The molecular formula is C23H50O5Si2. The lowest BCUT2D eigenvalue weighted by atomic mass is 10.1. The Morgan fingerprint density at radius 3 is 1.50 bits per heavy atom. The molecule has 0 radical (unpaired) electrons. The Kier molecular flexibility index (Phi) is 14.3. The summed E-state index contributed by atoms with van der Waals surface area (Å²) in [6.45, 7) is 4.55. The summed E-state index contributed by atoms with van der Waals surface area (Å²) in [5.41, 5.74) is 0. The van der Waals surface area contributed by atoms with Gasteiger partial charge in [0.25, 0.3) is 5.97 Å². The Morgan fingerprint density at radius 1 is 0.667 bits per heavy atom. The monoisotopic (exact) mass is 462 g/mol.